The van der Waals surface area contributed by atoms with Crippen molar-refractivity contribution in [2.45, 2.75) is 13.0 Å². The van der Waals surface area contributed by atoms with Gasteiger partial charge in [-0.25, -0.2) is 0 Å². The first kappa shape index (κ1) is 16.9. The van der Waals surface area contributed by atoms with Gasteiger partial charge in [0, 0.05) is 19.5 Å². The maximum Gasteiger partial charge on any atom is 0.231 e. The Morgan fingerprint density at radius 1 is 1.08 bits per heavy atom. The van der Waals surface area contributed by atoms with Gasteiger partial charge in [0.25, 0.3) is 0 Å². The Morgan fingerprint density at radius 3 is 2.62 bits per heavy atom. The Labute approximate surface area is 149 Å². The number of para-hydroxylation sites is 1. The summed E-state index contributed by atoms with van der Waals surface area (Å²) in [6.45, 7) is 1.43. The molecule has 0 saturated carbocycles. The Kier molecular flexibility index (Phi) is 5.45. The summed E-state index contributed by atoms with van der Waals surface area (Å²) >= 11 is 12.0. The number of rotatable bonds is 6. The molecule has 7 heteroatoms. The quantitative estimate of drug-likeness (QED) is 0.762. The number of hydrogen-bond acceptors (Lipinski definition) is 4. The van der Waals surface area contributed by atoms with Crippen molar-refractivity contribution in [2.75, 3.05) is 18.7 Å². The second-order valence-electron chi connectivity index (χ2n) is 5.26. The Hall–Kier alpha value is -1.95. The lowest BCUT2D eigenvalue weighted by atomic mass is 10.2. The second kappa shape index (κ2) is 7.75. The molecule has 0 unspecified atom stereocenters. The lowest BCUT2D eigenvalue weighted by Gasteiger charge is -2.10. The monoisotopic (exact) mass is 366 g/mol. The van der Waals surface area contributed by atoms with E-state index in [2.05, 4.69) is 10.6 Å². The van der Waals surface area contributed by atoms with Gasteiger partial charge in [-0.2, -0.15) is 0 Å². The van der Waals surface area contributed by atoms with E-state index in [9.17, 15) is 4.79 Å². The number of halogens is 2. The van der Waals surface area contributed by atoms with Gasteiger partial charge in [-0.3, -0.25) is 4.79 Å². The molecule has 1 heterocycles. The van der Waals surface area contributed by atoms with E-state index in [0.29, 0.717) is 35.2 Å². The predicted molar refractivity (Wildman–Crippen MR) is 94.0 cm³/mol. The van der Waals surface area contributed by atoms with Gasteiger partial charge in [-0.15, -0.1) is 0 Å². The van der Waals surface area contributed by atoms with Crippen molar-refractivity contribution < 1.29 is 14.3 Å². The number of benzene rings is 2. The van der Waals surface area contributed by atoms with Crippen molar-refractivity contribution >= 4 is 34.8 Å². The van der Waals surface area contributed by atoms with Crippen LogP contribution in [-0.4, -0.2) is 19.2 Å². The minimum atomic E-state index is -0.150. The minimum Gasteiger partial charge on any atom is -0.454 e. The van der Waals surface area contributed by atoms with E-state index in [1.165, 1.54) is 0 Å². The summed E-state index contributed by atoms with van der Waals surface area (Å²) in [5, 5.41) is 6.79. The Morgan fingerprint density at radius 2 is 1.83 bits per heavy atom. The summed E-state index contributed by atoms with van der Waals surface area (Å²) in [4.78, 5) is 12.0. The molecule has 1 amide bonds. The molecule has 24 heavy (non-hydrogen) atoms. The van der Waals surface area contributed by atoms with Gasteiger partial charge in [0.2, 0.25) is 12.7 Å². The number of carbonyl (C=O) groups is 1. The molecule has 1 aliphatic heterocycles. The van der Waals surface area contributed by atoms with Crippen LogP contribution >= 0.6 is 23.2 Å². The highest BCUT2D eigenvalue weighted by molar-refractivity contribution is 6.39. The van der Waals surface area contributed by atoms with Crippen molar-refractivity contribution in [1.29, 1.82) is 0 Å². The van der Waals surface area contributed by atoms with Crippen molar-refractivity contribution in [2.24, 2.45) is 0 Å². The zero-order valence-electron chi connectivity index (χ0n) is 12.8. The summed E-state index contributed by atoms with van der Waals surface area (Å²) < 4.78 is 10.6. The van der Waals surface area contributed by atoms with Crippen molar-refractivity contribution in [1.82, 2.24) is 5.32 Å². The van der Waals surface area contributed by atoms with Crippen LogP contribution < -0.4 is 20.1 Å². The fourth-order valence-corrected chi connectivity index (χ4v) is 2.80. The van der Waals surface area contributed by atoms with Crippen LogP contribution in [0.15, 0.2) is 36.4 Å². The van der Waals surface area contributed by atoms with Gasteiger partial charge >= 0.3 is 0 Å². The van der Waals surface area contributed by atoms with Gasteiger partial charge in [-0.1, -0.05) is 35.3 Å². The largest absolute Gasteiger partial charge is 0.454 e. The average Bonchev–Trinajstić information content (AvgIpc) is 3.03. The third-order valence-electron chi connectivity index (χ3n) is 3.52. The van der Waals surface area contributed by atoms with Gasteiger partial charge in [-0.05, 0) is 29.8 Å². The highest BCUT2D eigenvalue weighted by atomic mass is 35.5. The number of fused-ring (bicyclic) bond motifs is 1. The van der Waals surface area contributed by atoms with Crippen LogP contribution in [0.4, 0.5) is 5.69 Å². The fraction of sp³-hybridized carbons (Fsp3) is 0.235. The normalized spacial score (nSPS) is 12.2. The molecular weight excluding hydrogens is 351 g/mol. The van der Waals surface area contributed by atoms with Gasteiger partial charge < -0.3 is 20.1 Å². The summed E-state index contributed by atoms with van der Waals surface area (Å²) in [6.07, 6.45) is 0.312. The number of ether oxygens (including phenoxy) is 2. The third-order valence-corrected chi connectivity index (χ3v) is 4.15. The smallest absolute Gasteiger partial charge is 0.231 e. The molecule has 0 radical (unpaired) electrons. The fourth-order valence-electron chi connectivity index (χ4n) is 2.30. The van der Waals surface area contributed by atoms with Gasteiger partial charge in [0.1, 0.15) is 0 Å². The molecule has 2 aromatic carbocycles. The van der Waals surface area contributed by atoms with E-state index in [4.69, 9.17) is 32.7 Å². The standard InChI is InChI=1S/C17H16Cl2N2O3/c18-12-2-1-3-13(19)17(12)21-16(22)6-7-20-9-11-4-5-14-15(8-11)24-10-23-14/h1-5,8,20H,6-7,9-10H2,(H,21,22). The lowest BCUT2D eigenvalue weighted by molar-refractivity contribution is -0.116. The lowest BCUT2D eigenvalue weighted by Crippen LogP contribution is -2.21. The molecule has 3 rings (SSSR count). The van der Waals surface area contributed by atoms with E-state index < -0.39 is 0 Å². The molecule has 0 saturated heterocycles. The van der Waals surface area contributed by atoms with Crippen molar-refractivity contribution in [3.63, 3.8) is 0 Å². The first-order valence-corrected chi connectivity index (χ1v) is 8.22. The van der Waals surface area contributed by atoms with Crippen LogP contribution in [0.3, 0.4) is 0 Å². The topological polar surface area (TPSA) is 59.6 Å². The predicted octanol–water partition coefficient (Wildman–Crippen LogP) is 3.84. The minimum absolute atomic E-state index is 0.150. The molecule has 0 spiro atoms. The van der Waals surface area contributed by atoms with Crippen molar-refractivity contribution in [3.05, 3.63) is 52.0 Å². The highest BCUT2D eigenvalue weighted by Gasteiger charge is 2.13. The van der Waals surface area contributed by atoms with Crippen LogP contribution in [-0.2, 0) is 11.3 Å². The van der Waals surface area contributed by atoms with Crippen molar-refractivity contribution in [3.8, 4) is 11.5 Å². The number of anilines is 1. The molecule has 2 aromatic rings. The van der Waals surface area contributed by atoms with E-state index >= 15 is 0 Å². The molecular formula is C17H16Cl2N2O3. The Balaban J connectivity index is 1.44. The SMILES string of the molecule is O=C(CCNCc1ccc2c(c1)OCO2)Nc1c(Cl)cccc1Cl. The Bertz CT molecular complexity index is 732. The maximum absolute atomic E-state index is 12.0. The molecule has 5 nitrogen and oxygen atoms in total. The van der Waals surface area contributed by atoms with Gasteiger partial charge in [0.15, 0.2) is 11.5 Å². The third kappa shape index (κ3) is 4.12. The van der Waals surface area contributed by atoms with E-state index in [0.717, 1.165) is 17.1 Å². The molecule has 0 aliphatic carbocycles. The average molecular weight is 367 g/mol. The summed E-state index contributed by atoms with van der Waals surface area (Å²) in [5.74, 6) is 1.36. The summed E-state index contributed by atoms with van der Waals surface area (Å²) in [6, 6.07) is 10.9. The molecule has 126 valence electrons. The summed E-state index contributed by atoms with van der Waals surface area (Å²) in [5.41, 5.74) is 1.51. The van der Waals surface area contributed by atoms with Gasteiger partial charge in [0.05, 0.1) is 15.7 Å². The van der Waals surface area contributed by atoms with Crippen LogP contribution in [0, 0.1) is 0 Å². The number of nitrogens with one attached hydrogen (secondary N) is 2. The molecule has 1 aliphatic rings. The van der Waals surface area contributed by atoms with E-state index in [-0.39, 0.29) is 12.7 Å². The van der Waals surface area contributed by atoms with Crippen LogP contribution in [0.2, 0.25) is 10.0 Å². The van der Waals surface area contributed by atoms with Crippen LogP contribution in [0.25, 0.3) is 0 Å². The molecule has 2 N–H and O–H groups in total. The summed E-state index contributed by atoms with van der Waals surface area (Å²) in [7, 11) is 0. The van der Waals surface area contributed by atoms with Crippen LogP contribution in [0.1, 0.15) is 12.0 Å². The molecule has 0 aromatic heterocycles. The number of carbonyl (C=O) groups excluding carboxylic acids is 1. The van der Waals surface area contributed by atoms with E-state index in [1.54, 1.807) is 18.2 Å². The highest BCUT2D eigenvalue weighted by Crippen LogP contribution is 2.32. The maximum atomic E-state index is 12.0. The zero-order chi connectivity index (χ0) is 16.9. The first-order valence-electron chi connectivity index (χ1n) is 7.46. The van der Waals surface area contributed by atoms with Crippen LogP contribution in [0.5, 0.6) is 11.5 Å². The molecule has 0 bridgehead atoms. The first-order chi connectivity index (χ1) is 11.6. The van der Waals surface area contributed by atoms with E-state index in [1.807, 2.05) is 18.2 Å². The molecule has 0 atom stereocenters. The zero-order valence-corrected chi connectivity index (χ0v) is 14.3. The number of amides is 1. The molecule has 0 fully saturated rings. The number of hydrogen-bond donors (Lipinski definition) is 2. The second-order valence-corrected chi connectivity index (χ2v) is 6.07.